The first-order valence-electron chi connectivity index (χ1n) is 21.1. The van der Waals surface area contributed by atoms with Crippen molar-refractivity contribution in [3.8, 4) is 34.2 Å². The third-order valence-corrected chi connectivity index (χ3v) is 13.4. The summed E-state index contributed by atoms with van der Waals surface area (Å²) in [6, 6.07) is 72.8. The average Bonchev–Trinajstić information content (AvgIpc) is 3.90. The van der Waals surface area contributed by atoms with Gasteiger partial charge in [-0.3, -0.25) is 0 Å². The smallest absolute Gasteiger partial charge is 0.164 e. The topological polar surface area (TPSA) is 55.1 Å². The van der Waals surface area contributed by atoms with Crippen LogP contribution in [0.15, 0.2) is 211 Å². The number of furan rings is 1. The minimum absolute atomic E-state index is 0.563. The van der Waals surface area contributed by atoms with E-state index in [0.29, 0.717) is 17.5 Å². The summed E-state index contributed by atoms with van der Waals surface area (Å²) in [6.45, 7) is 0. The van der Waals surface area contributed by atoms with E-state index in [4.69, 9.17) is 19.4 Å². The number of benzene rings is 10. The van der Waals surface area contributed by atoms with Gasteiger partial charge in [0.15, 0.2) is 17.5 Å². The Morgan fingerprint density at radius 3 is 1.83 bits per heavy atom. The van der Waals surface area contributed by atoms with E-state index in [0.717, 1.165) is 71.8 Å². The predicted molar refractivity (Wildman–Crippen MR) is 264 cm³/mol. The molecule has 0 N–H and O–H groups in total. The third-order valence-electron chi connectivity index (χ3n) is 12.2. The number of nitrogens with zero attached hydrogens (tertiary/aromatic N) is 4. The lowest BCUT2D eigenvalue weighted by atomic mass is 9.99. The molecular formula is C57H34N4OS. The standard InChI is InChI=1S/C57H34N4OS/c1-3-14-36(15-4-1)55-58-56(40-25-27-45-39(29-40)24-23-35-13-9-10-20-44(35)45)60-57(59-55)49-32-43(33-51-54(49)48-30-37-16-7-8-17-38(37)31-50(48)62-51)61(41-18-5-2-6-19-41)42-26-28-47-46-21-11-12-22-52(46)63-53(47)34-42/h1-34H. The van der Waals surface area contributed by atoms with Crippen molar-refractivity contribution in [3.63, 3.8) is 0 Å². The zero-order valence-electron chi connectivity index (χ0n) is 33.7. The van der Waals surface area contributed by atoms with Crippen LogP contribution in [0.4, 0.5) is 17.1 Å². The van der Waals surface area contributed by atoms with Crippen LogP contribution in [0.25, 0.3) is 109 Å². The number of hydrogen-bond acceptors (Lipinski definition) is 6. The molecule has 6 heteroatoms. The molecule has 0 saturated heterocycles. The molecule has 0 spiro atoms. The van der Waals surface area contributed by atoms with Crippen LogP contribution in [-0.2, 0) is 0 Å². The Hall–Kier alpha value is -8.19. The molecule has 3 heterocycles. The number of para-hydroxylation sites is 1. The molecule has 0 unspecified atom stereocenters. The number of thiophene rings is 1. The number of anilines is 3. The number of fused-ring (bicyclic) bond motifs is 10. The highest BCUT2D eigenvalue weighted by molar-refractivity contribution is 7.25. The Kier molecular flexibility index (Phi) is 8.01. The Bertz CT molecular complexity index is 3930. The van der Waals surface area contributed by atoms with E-state index in [2.05, 4.69) is 193 Å². The summed E-state index contributed by atoms with van der Waals surface area (Å²) in [5.74, 6) is 1.76. The lowest BCUT2D eigenvalue weighted by Crippen LogP contribution is -2.10. The maximum absolute atomic E-state index is 6.91. The highest BCUT2D eigenvalue weighted by Gasteiger charge is 2.23. The molecule has 0 aliphatic rings. The average molecular weight is 823 g/mol. The van der Waals surface area contributed by atoms with E-state index in [9.17, 15) is 0 Å². The van der Waals surface area contributed by atoms with Gasteiger partial charge in [0, 0.05) is 65.1 Å². The molecule has 5 nitrogen and oxygen atoms in total. The largest absolute Gasteiger partial charge is 0.456 e. The Balaban J connectivity index is 1.09. The first-order valence-corrected chi connectivity index (χ1v) is 21.9. The SMILES string of the molecule is c1ccc(-c2nc(-c3ccc4c(ccc5ccccc54)c3)nc(-c3cc(N(c4ccccc4)c4ccc5c(c4)sc4ccccc45)cc4oc5cc6ccccc6cc5c34)n2)cc1. The zero-order valence-corrected chi connectivity index (χ0v) is 34.6. The van der Waals surface area contributed by atoms with Crippen LogP contribution < -0.4 is 4.90 Å². The van der Waals surface area contributed by atoms with Crippen LogP contribution in [-0.4, -0.2) is 15.0 Å². The van der Waals surface area contributed by atoms with Crippen LogP contribution in [0.3, 0.4) is 0 Å². The summed E-state index contributed by atoms with van der Waals surface area (Å²) in [7, 11) is 0. The quantitative estimate of drug-likeness (QED) is 0.156. The van der Waals surface area contributed by atoms with Crippen LogP contribution >= 0.6 is 11.3 Å². The summed E-state index contributed by atoms with van der Waals surface area (Å²) >= 11 is 1.82. The predicted octanol–water partition coefficient (Wildman–Crippen LogP) is 16.1. The first kappa shape index (κ1) is 35.6. The minimum atomic E-state index is 0.563. The Morgan fingerprint density at radius 2 is 0.984 bits per heavy atom. The van der Waals surface area contributed by atoms with Gasteiger partial charge in [0.05, 0.1) is 5.69 Å². The summed E-state index contributed by atoms with van der Waals surface area (Å²) in [5.41, 5.74) is 7.22. The molecule has 10 aromatic carbocycles. The van der Waals surface area contributed by atoms with Gasteiger partial charge in [-0.15, -0.1) is 11.3 Å². The van der Waals surface area contributed by atoms with Gasteiger partial charge in [-0.2, -0.15) is 0 Å². The van der Waals surface area contributed by atoms with Crippen molar-refractivity contribution in [2.24, 2.45) is 0 Å². The van der Waals surface area contributed by atoms with E-state index < -0.39 is 0 Å². The van der Waals surface area contributed by atoms with Gasteiger partial charge in [0.1, 0.15) is 11.2 Å². The molecule has 0 aliphatic heterocycles. The second kappa shape index (κ2) is 14.2. The van der Waals surface area contributed by atoms with Crippen molar-refractivity contribution < 1.29 is 4.42 Å². The highest BCUT2D eigenvalue weighted by atomic mass is 32.1. The molecule has 0 radical (unpaired) electrons. The normalized spacial score (nSPS) is 11.8. The lowest BCUT2D eigenvalue weighted by Gasteiger charge is -2.26. The third kappa shape index (κ3) is 5.95. The molecule has 3 aromatic heterocycles. The number of aromatic nitrogens is 3. The molecule has 0 saturated carbocycles. The highest BCUT2D eigenvalue weighted by Crippen LogP contribution is 2.46. The first-order chi connectivity index (χ1) is 31.2. The molecule has 63 heavy (non-hydrogen) atoms. The van der Waals surface area contributed by atoms with Gasteiger partial charge >= 0.3 is 0 Å². The molecule has 294 valence electrons. The fourth-order valence-corrected chi connectivity index (χ4v) is 10.4. The van der Waals surface area contributed by atoms with E-state index >= 15 is 0 Å². The van der Waals surface area contributed by atoms with Gasteiger partial charge in [0.2, 0.25) is 0 Å². The van der Waals surface area contributed by atoms with Crippen LogP contribution in [0, 0.1) is 0 Å². The van der Waals surface area contributed by atoms with Gasteiger partial charge in [-0.1, -0.05) is 146 Å². The maximum Gasteiger partial charge on any atom is 0.164 e. The summed E-state index contributed by atoms with van der Waals surface area (Å²) in [4.78, 5) is 18.2. The molecule has 0 bridgehead atoms. The van der Waals surface area contributed by atoms with E-state index in [-0.39, 0.29) is 0 Å². The molecule has 0 aliphatic carbocycles. The van der Waals surface area contributed by atoms with Crippen molar-refractivity contribution in [3.05, 3.63) is 206 Å². The van der Waals surface area contributed by atoms with Crippen molar-refractivity contribution in [1.29, 1.82) is 0 Å². The van der Waals surface area contributed by atoms with Gasteiger partial charge in [-0.05, 0) is 86.9 Å². The second-order valence-corrected chi connectivity index (χ2v) is 17.1. The molecule has 13 rings (SSSR count). The number of rotatable bonds is 6. The summed E-state index contributed by atoms with van der Waals surface area (Å²) in [6.07, 6.45) is 0. The summed E-state index contributed by atoms with van der Waals surface area (Å²) < 4.78 is 9.41. The molecular weight excluding hydrogens is 789 g/mol. The fourth-order valence-electron chi connectivity index (χ4n) is 9.25. The van der Waals surface area contributed by atoms with Gasteiger partial charge in [0.25, 0.3) is 0 Å². The zero-order chi connectivity index (χ0) is 41.4. The van der Waals surface area contributed by atoms with Crippen molar-refractivity contribution in [1.82, 2.24) is 15.0 Å². The van der Waals surface area contributed by atoms with Gasteiger partial charge in [-0.25, -0.2) is 15.0 Å². The minimum Gasteiger partial charge on any atom is -0.456 e. The lowest BCUT2D eigenvalue weighted by molar-refractivity contribution is 0.669. The van der Waals surface area contributed by atoms with Crippen LogP contribution in [0.5, 0.6) is 0 Å². The molecule has 0 fully saturated rings. The summed E-state index contributed by atoms with van der Waals surface area (Å²) in [5, 5.41) is 11.5. The van der Waals surface area contributed by atoms with Crippen molar-refractivity contribution in [2.75, 3.05) is 4.90 Å². The van der Waals surface area contributed by atoms with Crippen LogP contribution in [0.2, 0.25) is 0 Å². The van der Waals surface area contributed by atoms with Crippen LogP contribution in [0.1, 0.15) is 0 Å². The Labute approximate surface area is 365 Å². The molecule has 0 amide bonds. The fraction of sp³-hybridized carbons (Fsp3) is 0. The molecule has 13 aromatic rings. The number of hydrogen-bond donors (Lipinski definition) is 0. The molecule has 0 atom stereocenters. The van der Waals surface area contributed by atoms with Crippen molar-refractivity contribution >= 4 is 103 Å². The second-order valence-electron chi connectivity index (χ2n) is 16.0. The van der Waals surface area contributed by atoms with E-state index in [1.54, 1.807) is 0 Å². The maximum atomic E-state index is 6.91. The van der Waals surface area contributed by atoms with Gasteiger partial charge < -0.3 is 9.32 Å². The van der Waals surface area contributed by atoms with E-state index in [1.165, 1.54) is 36.3 Å². The Morgan fingerprint density at radius 1 is 0.349 bits per heavy atom. The monoisotopic (exact) mass is 822 g/mol. The van der Waals surface area contributed by atoms with E-state index in [1.807, 2.05) is 29.5 Å². The van der Waals surface area contributed by atoms with Crippen molar-refractivity contribution in [2.45, 2.75) is 0 Å².